The normalized spacial score (nSPS) is 21.3. The molecular formula is C18H26O3. The molecule has 0 amide bonds. The zero-order chi connectivity index (χ0) is 15.1. The van der Waals surface area contributed by atoms with Gasteiger partial charge in [-0.25, -0.2) is 0 Å². The molecule has 1 aliphatic heterocycles. The largest absolute Gasteiger partial charge is 0.497 e. The molecule has 0 aromatic heterocycles. The fourth-order valence-corrected chi connectivity index (χ4v) is 2.91. The molecule has 21 heavy (non-hydrogen) atoms. The number of hydrogen-bond acceptors (Lipinski definition) is 3. The minimum Gasteiger partial charge on any atom is -0.497 e. The molecule has 1 saturated heterocycles. The summed E-state index contributed by atoms with van der Waals surface area (Å²) in [4.78, 5) is 12.0. The van der Waals surface area contributed by atoms with Crippen LogP contribution in [0.15, 0.2) is 24.3 Å². The highest BCUT2D eigenvalue weighted by Crippen LogP contribution is 2.28. The molecule has 3 nitrogen and oxygen atoms in total. The summed E-state index contributed by atoms with van der Waals surface area (Å²) in [7, 11) is 1.66. The van der Waals surface area contributed by atoms with Crippen LogP contribution in [0.5, 0.6) is 5.75 Å². The zero-order valence-corrected chi connectivity index (χ0v) is 13.1. The van der Waals surface area contributed by atoms with Crippen LogP contribution in [-0.2, 0) is 16.0 Å². The van der Waals surface area contributed by atoms with Crippen molar-refractivity contribution in [3.8, 4) is 5.75 Å². The molecule has 0 bridgehead atoms. The van der Waals surface area contributed by atoms with E-state index in [1.165, 1.54) is 31.2 Å². The Morgan fingerprint density at radius 2 is 1.95 bits per heavy atom. The molecule has 0 aliphatic carbocycles. The van der Waals surface area contributed by atoms with Crippen LogP contribution in [0.4, 0.5) is 0 Å². The van der Waals surface area contributed by atoms with E-state index in [1.807, 2.05) is 24.3 Å². The van der Waals surface area contributed by atoms with Crippen LogP contribution in [0, 0.1) is 5.92 Å². The second-order valence-corrected chi connectivity index (χ2v) is 5.89. The van der Waals surface area contributed by atoms with Gasteiger partial charge >= 0.3 is 5.97 Å². The number of ether oxygens (including phenoxy) is 2. The van der Waals surface area contributed by atoms with E-state index in [2.05, 4.69) is 6.92 Å². The van der Waals surface area contributed by atoms with Gasteiger partial charge in [-0.05, 0) is 43.4 Å². The van der Waals surface area contributed by atoms with Gasteiger partial charge in [0.15, 0.2) is 0 Å². The maximum Gasteiger partial charge on any atom is 0.309 e. The Labute approximate surface area is 127 Å². The molecule has 0 unspecified atom stereocenters. The smallest absolute Gasteiger partial charge is 0.309 e. The molecule has 1 aromatic carbocycles. The van der Waals surface area contributed by atoms with E-state index in [4.69, 9.17) is 9.47 Å². The van der Waals surface area contributed by atoms with Crippen LogP contribution < -0.4 is 4.74 Å². The van der Waals surface area contributed by atoms with Gasteiger partial charge in [0, 0.05) is 0 Å². The van der Waals surface area contributed by atoms with Crippen molar-refractivity contribution in [3.05, 3.63) is 29.8 Å². The van der Waals surface area contributed by atoms with Gasteiger partial charge in [-0.1, -0.05) is 38.3 Å². The summed E-state index contributed by atoms with van der Waals surface area (Å²) in [6.45, 7) is 2.21. The zero-order valence-electron chi connectivity index (χ0n) is 13.1. The van der Waals surface area contributed by atoms with Crippen LogP contribution >= 0.6 is 0 Å². The second-order valence-electron chi connectivity index (χ2n) is 5.89. The van der Waals surface area contributed by atoms with Crippen molar-refractivity contribution >= 4 is 5.97 Å². The van der Waals surface area contributed by atoms with E-state index in [0.29, 0.717) is 0 Å². The predicted molar refractivity (Wildman–Crippen MR) is 83.4 cm³/mol. The molecule has 1 aliphatic rings. The minimum atomic E-state index is -0.0219. The van der Waals surface area contributed by atoms with Crippen LogP contribution in [0.1, 0.15) is 51.0 Å². The number of carbonyl (C=O) groups excluding carboxylic acids is 1. The standard InChI is InChI=1S/C18H26O3/c1-3-4-5-6-7-17-13-15(18(19)21-17)12-14-8-10-16(20-2)11-9-14/h8-11,15,17H,3-7,12-13H2,1-2H3/t15-,17+/m0/s1. The highest BCUT2D eigenvalue weighted by Gasteiger charge is 2.33. The van der Waals surface area contributed by atoms with E-state index in [9.17, 15) is 4.79 Å². The van der Waals surface area contributed by atoms with Crippen LogP contribution in [0.3, 0.4) is 0 Å². The number of esters is 1. The summed E-state index contributed by atoms with van der Waals surface area (Å²) in [5.74, 6) is 0.849. The van der Waals surface area contributed by atoms with E-state index < -0.39 is 0 Å². The van der Waals surface area contributed by atoms with E-state index in [-0.39, 0.29) is 18.0 Å². The first-order chi connectivity index (χ1) is 10.2. The molecule has 2 rings (SSSR count). The van der Waals surface area contributed by atoms with Gasteiger partial charge in [0.25, 0.3) is 0 Å². The molecular weight excluding hydrogens is 264 g/mol. The Balaban J connectivity index is 1.79. The summed E-state index contributed by atoms with van der Waals surface area (Å²) < 4.78 is 10.7. The number of cyclic esters (lactones) is 1. The van der Waals surface area contributed by atoms with Gasteiger partial charge < -0.3 is 9.47 Å². The number of methoxy groups -OCH3 is 1. The Bertz CT molecular complexity index is 438. The fourth-order valence-electron chi connectivity index (χ4n) is 2.91. The molecule has 0 N–H and O–H groups in total. The predicted octanol–water partition coefficient (Wildman–Crippen LogP) is 4.14. The minimum absolute atomic E-state index is 0.0219. The number of rotatable bonds is 8. The monoisotopic (exact) mass is 290 g/mol. The summed E-state index contributed by atoms with van der Waals surface area (Å²) in [5.41, 5.74) is 1.17. The van der Waals surface area contributed by atoms with Gasteiger partial charge in [0.2, 0.25) is 0 Å². The van der Waals surface area contributed by atoms with Crippen molar-refractivity contribution < 1.29 is 14.3 Å². The van der Waals surface area contributed by atoms with Crippen LogP contribution in [0.25, 0.3) is 0 Å². The Kier molecular flexibility index (Phi) is 6.09. The highest BCUT2D eigenvalue weighted by atomic mass is 16.5. The maximum atomic E-state index is 12.0. The third-order valence-electron chi connectivity index (χ3n) is 4.18. The van der Waals surface area contributed by atoms with Crippen molar-refractivity contribution in [3.63, 3.8) is 0 Å². The SMILES string of the molecule is CCCCCC[C@@H]1C[C@H](Cc2ccc(OC)cc2)C(=O)O1. The van der Waals surface area contributed by atoms with Crippen molar-refractivity contribution in [2.24, 2.45) is 5.92 Å². The number of unbranched alkanes of at least 4 members (excludes halogenated alkanes) is 3. The first kappa shape index (κ1) is 15.9. The molecule has 2 atom stereocenters. The quantitative estimate of drug-likeness (QED) is 0.533. The first-order valence-electron chi connectivity index (χ1n) is 8.06. The van der Waals surface area contributed by atoms with Gasteiger partial charge in [-0.2, -0.15) is 0 Å². The molecule has 3 heteroatoms. The average Bonchev–Trinajstić information content (AvgIpc) is 2.85. The van der Waals surface area contributed by atoms with Crippen molar-refractivity contribution in [2.45, 2.75) is 58.0 Å². The Morgan fingerprint density at radius 1 is 1.19 bits per heavy atom. The summed E-state index contributed by atoms with van der Waals surface area (Å²) in [6, 6.07) is 7.94. The molecule has 0 spiro atoms. The molecule has 0 radical (unpaired) electrons. The highest BCUT2D eigenvalue weighted by molar-refractivity contribution is 5.75. The topological polar surface area (TPSA) is 35.5 Å². The first-order valence-corrected chi connectivity index (χ1v) is 8.06. The number of hydrogen-bond donors (Lipinski definition) is 0. The van der Waals surface area contributed by atoms with Crippen molar-refractivity contribution in [1.29, 1.82) is 0 Å². The number of benzene rings is 1. The van der Waals surface area contributed by atoms with Gasteiger partial charge in [-0.3, -0.25) is 4.79 Å². The molecule has 116 valence electrons. The maximum absolute atomic E-state index is 12.0. The lowest BCUT2D eigenvalue weighted by atomic mass is 9.94. The molecule has 1 fully saturated rings. The van der Waals surface area contributed by atoms with Crippen LogP contribution in [0.2, 0.25) is 0 Å². The second kappa shape index (κ2) is 8.06. The van der Waals surface area contributed by atoms with Gasteiger partial charge in [0.05, 0.1) is 13.0 Å². The summed E-state index contributed by atoms with van der Waals surface area (Å²) in [5, 5.41) is 0. The Morgan fingerprint density at radius 3 is 2.62 bits per heavy atom. The van der Waals surface area contributed by atoms with E-state index >= 15 is 0 Å². The van der Waals surface area contributed by atoms with Crippen molar-refractivity contribution in [1.82, 2.24) is 0 Å². The average molecular weight is 290 g/mol. The lowest BCUT2D eigenvalue weighted by Gasteiger charge is -2.08. The summed E-state index contributed by atoms with van der Waals surface area (Å²) >= 11 is 0. The molecule has 0 saturated carbocycles. The lowest BCUT2D eigenvalue weighted by molar-refractivity contribution is -0.144. The molecule has 1 heterocycles. The lowest BCUT2D eigenvalue weighted by Crippen LogP contribution is -2.10. The molecule has 1 aromatic rings. The van der Waals surface area contributed by atoms with E-state index in [0.717, 1.165) is 25.0 Å². The van der Waals surface area contributed by atoms with Gasteiger partial charge in [0.1, 0.15) is 11.9 Å². The fraction of sp³-hybridized carbons (Fsp3) is 0.611. The summed E-state index contributed by atoms with van der Waals surface area (Å²) in [6.07, 6.45) is 7.73. The van der Waals surface area contributed by atoms with Gasteiger partial charge in [-0.15, -0.1) is 0 Å². The van der Waals surface area contributed by atoms with Crippen molar-refractivity contribution in [2.75, 3.05) is 7.11 Å². The third kappa shape index (κ3) is 4.76. The van der Waals surface area contributed by atoms with E-state index in [1.54, 1.807) is 7.11 Å². The number of carbonyl (C=O) groups is 1. The third-order valence-corrected chi connectivity index (χ3v) is 4.18. The van der Waals surface area contributed by atoms with Crippen LogP contribution in [-0.4, -0.2) is 19.2 Å². The Hall–Kier alpha value is -1.51.